The topological polar surface area (TPSA) is 75.4 Å². The lowest BCUT2D eigenvalue weighted by Crippen LogP contribution is -2.21. The molecule has 0 saturated heterocycles. The fraction of sp³-hybridized carbons (Fsp3) is 0.167. The van der Waals surface area contributed by atoms with Crippen molar-refractivity contribution in [2.45, 2.75) is 6.54 Å². The highest BCUT2D eigenvalue weighted by molar-refractivity contribution is 5.68. The van der Waals surface area contributed by atoms with Gasteiger partial charge in [0.2, 0.25) is 5.89 Å². The maximum atomic E-state index is 12.7. The number of carboxylic acids is 1. The minimum Gasteiger partial charge on any atom is -0.480 e. The van der Waals surface area contributed by atoms with Gasteiger partial charge in [-0.1, -0.05) is 0 Å². The molecule has 0 aliphatic carbocycles. The van der Waals surface area contributed by atoms with Crippen LogP contribution in [0.5, 0.6) is 0 Å². The zero-order valence-electron chi connectivity index (χ0n) is 9.39. The predicted octanol–water partition coefficient (Wildman–Crippen LogP) is 1.65. The summed E-state index contributed by atoms with van der Waals surface area (Å²) in [5.41, 5.74) is 0.716. The first kappa shape index (κ1) is 12.3. The van der Waals surface area contributed by atoms with Crippen molar-refractivity contribution in [3.8, 4) is 11.3 Å². The number of halogens is 1. The van der Waals surface area contributed by atoms with Crippen molar-refractivity contribution in [3.63, 3.8) is 0 Å². The van der Waals surface area contributed by atoms with Crippen molar-refractivity contribution in [2.75, 3.05) is 6.54 Å². The summed E-state index contributed by atoms with van der Waals surface area (Å²) in [4.78, 5) is 14.3. The number of nitrogens with zero attached hydrogens (tertiary/aromatic N) is 1. The zero-order valence-corrected chi connectivity index (χ0v) is 9.39. The molecule has 5 nitrogen and oxygen atoms in total. The molecule has 1 aromatic heterocycles. The molecule has 0 atom stereocenters. The highest BCUT2D eigenvalue weighted by Crippen LogP contribution is 2.20. The summed E-state index contributed by atoms with van der Waals surface area (Å²) in [6.45, 7) is 0.0712. The van der Waals surface area contributed by atoms with E-state index >= 15 is 0 Å². The van der Waals surface area contributed by atoms with Gasteiger partial charge < -0.3 is 9.52 Å². The maximum Gasteiger partial charge on any atom is 0.317 e. The van der Waals surface area contributed by atoms with Crippen LogP contribution >= 0.6 is 0 Å². The van der Waals surface area contributed by atoms with Gasteiger partial charge in [-0.15, -0.1) is 0 Å². The maximum absolute atomic E-state index is 12.7. The highest BCUT2D eigenvalue weighted by Gasteiger charge is 2.06. The van der Waals surface area contributed by atoms with Gasteiger partial charge in [0.15, 0.2) is 5.76 Å². The first-order valence-electron chi connectivity index (χ1n) is 5.28. The number of carbonyl (C=O) groups is 1. The van der Waals surface area contributed by atoms with E-state index in [-0.39, 0.29) is 18.9 Å². The van der Waals surface area contributed by atoms with Gasteiger partial charge in [0, 0.05) is 5.56 Å². The van der Waals surface area contributed by atoms with Crippen molar-refractivity contribution in [1.29, 1.82) is 0 Å². The fourth-order valence-electron chi connectivity index (χ4n) is 1.42. The van der Waals surface area contributed by atoms with Crippen LogP contribution in [0.3, 0.4) is 0 Å². The number of oxazole rings is 1. The highest BCUT2D eigenvalue weighted by atomic mass is 19.1. The van der Waals surface area contributed by atoms with Crippen LogP contribution in [0.4, 0.5) is 4.39 Å². The van der Waals surface area contributed by atoms with E-state index in [1.54, 1.807) is 12.1 Å². The number of rotatable bonds is 5. The molecule has 2 rings (SSSR count). The summed E-state index contributed by atoms with van der Waals surface area (Å²) in [6, 6.07) is 5.84. The monoisotopic (exact) mass is 250 g/mol. The van der Waals surface area contributed by atoms with Gasteiger partial charge in [-0.05, 0) is 24.3 Å². The molecular formula is C12H11FN2O3. The van der Waals surface area contributed by atoms with E-state index < -0.39 is 5.97 Å². The van der Waals surface area contributed by atoms with Crippen LogP contribution in [0.1, 0.15) is 5.89 Å². The molecule has 2 aromatic rings. The largest absolute Gasteiger partial charge is 0.480 e. The van der Waals surface area contributed by atoms with Crippen LogP contribution in [-0.2, 0) is 11.3 Å². The summed E-state index contributed by atoms with van der Waals surface area (Å²) in [5.74, 6) is -0.361. The number of aliphatic carboxylic acids is 1. The van der Waals surface area contributed by atoms with Crippen LogP contribution in [0.25, 0.3) is 11.3 Å². The molecule has 1 heterocycles. The lowest BCUT2D eigenvalue weighted by molar-refractivity contribution is -0.136. The number of hydrogen-bond donors (Lipinski definition) is 2. The number of benzene rings is 1. The zero-order chi connectivity index (χ0) is 13.0. The van der Waals surface area contributed by atoms with E-state index in [1.807, 2.05) is 0 Å². The molecule has 0 fully saturated rings. The molecule has 0 aliphatic heterocycles. The standard InChI is InChI=1S/C12H11FN2O3/c13-9-3-1-8(2-4-9)10-5-15-11(18-10)6-14-7-12(16)17/h1-5,14H,6-7H2,(H,16,17). The molecule has 1 aromatic carbocycles. The molecule has 2 N–H and O–H groups in total. The number of hydrogen-bond acceptors (Lipinski definition) is 4. The molecule has 0 spiro atoms. The first-order chi connectivity index (χ1) is 8.65. The van der Waals surface area contributed by atoms with Crippen molar-refractivity contribution >= 4 is 5.97 Å². The Morgan fingerprint density at radius 3 is 2.78 bits per heavy atom. The second-order valence-corrected chi connectivity index (χ2v) is 3.62. The molecule has 0 aliphatic rings. The molecule has 0 radical (unpaired) electrons. The Bertz CT molecular complexity index is 537. The number of carboxylic acid groups (broad SMARTS) is 1. The van der Waals surface area contributed by atoms with Crippen molar-refractivity contribution in [1.82, 2.24) is 10.3 Å². The first-order valence-corrected chi connectivity index (χ1v) is 5.28. The quantitative estimate of drug-likeness (QED) is 0.844. The second kappa shape index (κ2) is 5.42. The molecule has 94 valence electrons. The predicted molar refractivity (Wildman–Crippen MR) is 61.2 cm³/mol. The number of aromatic nitrogens is 1. The Balaban J connectivity index is 2.01. The summed E-state index contributed by atoms with van der Waals surface area (Å²) in [7, 11) is 0. The molecule has 0 unspecified atom stereocenters. The second-order valence-electron chi connectivity index (χ2n) is 3.62. The average Bonchev–Trinajstić information content (AvgIpc) is 2.78. The Morgan fingerprint density at radius 2 is 2.11 bits per heavy atom. The van der Waals surface area contributed by atoms with E-state index in [4.69, 9.17) is 9.52 Å². The summed E-state index contributed by atoms with van der Waals surface area (Å²) >= 11 is 0. The summed E-state index contributed by atoms with van der Waals surface area (Å²) in [6.07, 6.45) is 1.52. The van der Waals surface area contributed by atoms with Gasteiger partial charge in [0.05, 0.1) is 19.3 Å². The minimum absolute atomic E-state index is 0.158. The molecule has 18 heavy (non-hydrogen) atoms. The number of nitrogens with one attached hydrogen (secondary N) is 1. The third-order valence-electron chi connectivity index (χ3n) is 2.23. The van der Waals surface area contributed by atoms with E-state index in [2.05, 4.69) is 10.3 Å². The van der Waals surface area contributed by atoms with Crippen molar-refractivity contribution < 1.29 is 18.7 Å². The molecular weight excluding hydrogens is 239 g/mol. The van der Waals surface area contributed by atoms with Crippen molar-refractivity contribution in [2.24, 2.45) is 0 Å². The molecule has 0 saturated carbocycles. The van der Waals surface area contributed by atoms with Gasteiger partial charge >= 0.3 is 5.97 Å². The van der Waals surface area contributed by atoms with E-state index in [0.717, 1.165) is 0 Å². The van der Waals surface area contributed by atoms with Gasteiger partial charge in [-0.3, -0.25) is 10.1 Å². The van der Waals surface area contributed by atoms with Crippen molar-refractivity contribution in [3.05, 3.63) is 42.2 Å². The van der Waals surface area contributed by atoms with E-state index in [0.29, 0.717) is 17.2 Å². The van der Waals surface area contributed by atoms with Crippen LogP contribution in [0.15, 0.2) is 34.9 Å². The van der Waals surface area contributed by atoms with E-state index in [9.17, 15) is 9.18 Å². The lowest BCUT2D eigenvalue weighted by atomic mass is 10.2. The van der Waals surface area contributed by atoms with Gasteiger partial charge in [0.25, 0.3) is 0 Å². The Hall–Kier alpha value is -2.21. The van der Waals surface area contributed by atoms with Gasteiger partial charge in [-0.2, -0.15) is 0 Å². The third kappa shape index (κ3) is 3.14. The third-order valence-corrected chi connectivity index (χ3v) is 2.23. The molecule has 0 amide bonds. The fourth-order valence-corrected chi connectivity index (χ4v) is 1.42. The lowest BCUT2D eigenvalue weighted by Gasteiger charge is -1.97. The van der Waals surface area contributed by atoms with Gasteiger partial charge in [-0.25, -0.2) is 9.37 Å². The minimum atomic E-state index is -0.944. The molecule has 6 heteroatoms. The smallest absolute Gasteiger partial charge is 0.317 e. The van der Waals surface area contributed by atoms with E-state index in [1.165, 1.54) is 18.3 Å². The Labute approximate surface area is 102 Å². The molecule has 0 bridgehead atoms. The van der Waals surface area contributed by atoms with Crippen LogP contribution in [0.2, 0.25) is 0 Å². The summed E-state index contributed by atoms with van der Waals surface area (Å²) < 4.78 is 18.1. The van der Waals surface area contributed by atoms with Gasteiger partial charge in [0.1, 0.15) is 5.82 Å². The SMILES string of the molecule is O=C(O)CNCc1ncc(-c2ccc(F)cc2)o1. The van der Waals surface area contributed by atoms with Crippen LogP contribution < -0.4 is 5.32 Å². The summed E-state index contributed by atoms with van der Waals surface area (Å²) in [5, 5.41) is 11.1. The average molecular weight is 250 g/mol. The Morgan fingerprint density at radius 1 is 1.39 bits per heavy atom. The van der Waals surface area contributed by atoms with Crippen LogP contribution in [0, 0.1) is 5.82 Å². The normalized spacial score (nSPS) is 10.5. The van der Waals surface area contributed by atoms with Crippen LogP contribution in [-0.4, -0.2) is 22.6 Å². The Kier molecular flexibility index (Phi) is 3.69.